The van der Waals surface area contributed by atoms with Crippen LogP contribution >= 0.6 is 0 Å². The maximum atomic E-state index is 12.1. The predicted molar refractivity (Wildman–Crippen MR) is 114 cm³/mol. The number of hydrogen-bond acceptors (Lipinski definition) is 6. The molecular weight excluding hydrogens is 382 g/mol. The lowest BCUT2D eigenvalue weighted by Crippen LogP contribution is -2.27. The van der Waals surface area contributed by atoms with Crippen LogP contribution in [0.15, 0.2) is 24.4 Å². The molecule has 4 rings (SSSR count). The lowest BCUT2D eigenvalue weighted by Gasteiger charge is -2.08. The fourth-order valence-electron chi connectivity index (χ4n) is 3.44. The van der Waals surface area contributed by atoms with E-state index in [1.165, 1.54) is 5.56 Å². The van der Waals surface area contributed by atoms with E-state index in [9.17, 15) is 4.79 Å². The molecule has 1 amide bonds. The highest BCUT2D eigenvalue weighted by atomic mass is 16.2. The second-order valence-corrected chi connectivity index (χ2v) is 7.65. The zero-order chi connectivity index (χ0) is 21.3. The average molecular weight is 407 g/mol. The van der Waals surface area contributed by atoms with E-state index in [0.29, 0.717) is 12.4 Å². The average Bonchev–Trinajstić information content (AvgIpc) is 3.40. The predicted octanol–water partition coefficient (Wildman–Crippen LogP) is 1.90. The van der Waals surface area contributed by atoms with Gasteiger partial charge in [-0.3, -0.25) is 19.7 Å². The summed E-state index contributed by atoms with van der Waals surface area (Å²) in [6.45, 7) is 5.03. The molecule has 156 valence electrons. The van der Waals surface area contributed by atoms with Gasteiger partial charge in [0.05, 0.1) is 24.0 Å². The summed E-state index contributed by atoms with van der Waals surface area (Å²) in [5.41, 5.74) is 5.84. The minimum absolute atomic E-state index is 0.116. The number of amides is 1. The van der Waals surface area contributed by atoms with Crippen molar-refractivity contribution < 1.29 is 4.79 Å². The lowest BCUT2D eigenvalue weighted by atomic mass is 10.1. The fraction of sp³-hybridized carbons (Fsp3) is 0.350. The molecule has 4 aromatic rings. The van der Waals surface area contributed by atoms with Crippen LogP contribution in [0.5, 0.6) is 0 Å². The summed E-state index contributed by atoms with van der Waals surface area (Å²) in [4.78, 5) is 13.9. The summed E-state index contributed by atoms with van der Waals surface area (Å²) < 4.78 is 1.83. The summed E-state index contributed by atoms with van der Waals surface area (Å²) in [7, 11) is 3.69. The molecule has 0 bridgehead atoms. The molecule has 3 aromatic heterocycles. The Morgan fingerprint density at radius 2 is 2.03 bits per heavy atom. The molecule has 0 saturated heterocycles. The van der Waals surface area contributed by atoms with Crippen molar-refractivity contribution in [2.24, 2.45) is 0 Å². The van der Waals surface area contributed by atoms with Crippen molar-refractivity contribution in [1.29, 1.82) is 0 Å². The van der Waals surface area contributed by atoms with Crippen LogP contribution in [0.1, 0.15) is 17.0 Å². The van der Waals surface area contributed by atoms with E-state index in [1.54, 1.807) is 4.90 Å². The Balaban J connectivity index is 1.52. The lowest BCUT2D eigenvalue weighted by molar-refractivity contribution is -0.116. The molecule has 0 unspecified atom stereocenters. The second-order valence-electron chi connectivity index (χ2n) is 7.65. The van der Waals surface area contributed by atoms with Crippen LogP contribution in [0.25, 0.3) is 22.2 Å². The van der Waals surface area contributed by atoms with Gasteiger partial charge in [-0.15, -0.1) is 5.10 Å². The first kappa shape index (κ1) is 19.8. The molecule has 0 aliphatic carbocycles. The van der Waals surface area contributed by atoms with Gasteiger partial charge in [0.1, 0.15) is 5.69 Å². The number of carbonyl (C=O) groups is 1. The van der Waals surface area contributed by atoms with E-state index in [-0.39, 0.29) is 12.5 Å². The Morgan fingerprint density at radius 3 is 2.77 bits per heavy atom. The number of fused-ring (bicyclic) bond motifs is 1. The van der Waals surface area contributed by atoms with E-state index >= 15 is 0 Å². The molecule has 0 aliphatic rings. The smallest absolute Gasteiger partial charge is 0.239 e. The number of hydrogen-bond donors (Lipinski definition) is 3. The molecule has 1 aromatic carbocycles. The van der Waals surface area contributed by atoms with Crippen LogP contribution in [0.3, 0.4) is 0 Å². The number of carbonyl (C=O) groups excluding carboxylic acids is 1. The number of nitrogens with zero attached hydrogens (tertiary/aromatic N) is 6. The van der Waals surface area contributed by atoms with Crippen molar-refractivity contribution in [2.45, 2.75) is 26.8 Å². The molecule has 30 heavy (non-hydrogen) atoms. The summed E-state index contributed by atoms with van der Waals surface area (Å²) in [5.74, 6) is 0.395. The van der Waals surface area contributed by atoms with Gasteiger partial charge in [0, 0.05) is 23.2 Å². The molecule has 0 radical (unpaired) electrons. The molecule has 0 atom stereocenters. The van der Waals surface area contributed by atoms with Gasteiger partial charge in [-0.25, -0.2) is 0 Å². The zero-order valence-corrected chi connectivity index (χ0v) is 17.5. The standard InChI is InChI=1S/C20H25N9O/c1-12-15(13(2)23-22-12)7-8-29-10-18(25-27-29)14-5-6-17-16(9-14)20(26-24-17)21-19(30)11-28(3)4/h5-6,9-10H,7-8,11H2,1-4H3,(H,22,23)(H2,21,24,26,30). The molecule has 0 aliphatic heterocycles. The Labute approximate surface area is 173 Å². The van der Waals surface area contributed by atoms with Crippen LogP contribution in [-0.4, -0.2) is 66.8 Å². The van der Waals surface area contributed by atoms with Gasteiger partial charge in [-0.1, -0.05) is 11.3 Å². The highest BCUT2D eigenvalue weighted by Gasteiger charge is 2.13. The number of rotatable bonds is 7. The maximum absolute atomic E-state index is 12.1. The van der Waals surface area contributed by atoms with Crippen molar-refractivity contribution in [3.63, 3.8) is 0 Å². The maximum Gasteiger partial charge on any atom is 0.239 e. The first-order chi connectivity index (χ1) is 14.4. The van der Waals surface area contributed by atoms with Gasteiger partial charge in [0.25, 0.3) is 0 Å². The number of benzene rings is 1. The monoisotopic (exact) mass is 407 g/mol. The highest BCUT2D eigenvalue weighted by Crippen LogP contribution is 2.26. The molecule has 10 nitrogen and oxygen atoms in total. The van der Waals surface area contributed by atoms with Gasteiger partial charge < -0.3 is 10.2 Å². The fourth-order valence-corrected chi connectivity index (χ4v) is 3.44. The van der Waals surface area contributed by atoms with Crippen molar-refractivity contribution in [2.75, 3.05) is 26.0 Å². The summed E-state index contributed by atoms with van der Waals surface area (Å²) >= 11 is 0. The number of H-pyrrole nitrogens is 2. The van der Waals surface area contributed by atoms with E-state index in [1.807, 2.05) is 57.0 Å². The minimum Gasteiger partial charge on any atom is -0.308 e. The normalized spacial score (nSPS) is 11.5. The number of likely N-dealkylation sites (N-methyl/N-ethyl adjacent to an activating group) is 1. The number of aromatic nitrogens is 7. The molecule has 0 saturated carbocycles. The third kappa shape index (κ3) is 4.08. The third-order valence-corrected chi connectivity index (χ3v) is 4.99. The molecule has 10 heteroatoms. The van der Waals surface area contributed by atoms with Crippen molar-refractivity contribution in [1.82, 2.24) is 40.3 Å². The second kappa shape index (κ2) is 8.07. The van der Waals surface area contributed by atoms with Gasteiger partial charge in [0.2, 0.25) is 5.91 Å². The third-order valence-electron chi connectivity index (χ3n) is 4.99. The van der Waals surface area contributed by atoms with Crippen LogP contribution in [0, 0.1) is 13.8 Å². The van der Waals surface area contributed by atoms with Crippen LogP contribution in [0.2, 0.25) is 0 Å². The van der Waals surface area contributed by atoms with Gasteiger partial charge in [-0.2, -0.15) is 10.2 Å². The summed E-state index contributed by atoms with van der Waals surface area (Å²) in [6.07, 6.45) is 2.76. The van der Waals surface area contributed by atoms with Crippen LogP contribution in [0.4, 0.5) is 5.82 Å². The Morgan fingerprint density at radius 1 is 1.20 bits per heavy atom. The zero-order valence-electron chi connectivity index (χ0n) is 17.5. The van der Waals surface area contributed by atoms with E-state index in [4.69, 9.17) is 0 Å². The Bertz CT molecular complexity index is 1160. The molecular formula is C20H25N9O. The van der Waals surface area contributed by atoms with Gasteiger partial charge in [-0.05, 0) is 52.1 Å². The highest BCUT2D eigenvalue weighted by molar-refractivity contribution is 6.01. The van der Waals surface area contributed by atoms with Crippen molar-refractivity contribution in [3.05, 3.63) is 41.3 Å². The van der Waals surface area contributed by atoms with Crippen molar-refractivity contribution in [3.8, 4) is 11.3 Å². The van der Waals surface area contributed by atoms with E-state index in [0.717, 1.165) is 40.0 Å². The topological polar surface area (TPSA) is 120 Å². The van der Waals surface area contributed by atoms with Gasteiger partial charge in [0.15, 0.2) is 5.82 Å². The van der Waals surface area contributed by atoms with Crippen LogP contribution in [-0.2, 0) is 17.8 Å². The van der Waals surface area contributed by atoms with E-state index in [2.05, 4.69) is 36.0 Å². The van der Waals surface area contributed by atoms with Crippen molar-refractivity contribution >= 4 is 22.6 Å². The van der Waals surface area contributed by atoms with E-state index < -0.39 is 0 Å². The molecule has 0 spiro atoms. The number of nitrogens with one attached hydrogen (secondary N) is 3. The first-order valence-corrected chi connectivity index (χ1v) is 9.74. The summed E-state index contributed by atoms with van der Waals surface area (Å²) in [6, 6.07) is 5.85. The minimum atomic E-state index is -0.116. The molecule has 0 fully saturated rings. The summed E-state index contributed by atoms with van der Waals surface area (Å²) in [5, 5.41) is 26.7. The Kier molecular flexibility index (Phi) is 5.32. The first-order valence-electron chi connectivity index (χ1n) is 9.74. The van der Waals surface area contributed by atoms with Gasteiger partial charge >= 0.3 is 0 Å². The quantitative estimate of drug-likeness (QED) is 0.430. The number of aromatic amines is 2. The molecule has 3 heterocycles. The van der Waals surface area contributed by atoms with Crippen LogP contribution < -0.4 is 5.32 Å². The largest absolute Gasteiger partial charge is 0.308 e. The SMILES string of the molecule is Cc1n[nH]c(C)c1CCn1cc(-c2ccc3[nH]nc(NC(=O)CN(C)C)c3c2)nn1. The molecule has 3 N–H and O–H groups in total. The number of anilines is 1. The number of aryl methyl sites for hydroxylation is 3. The Hall–Kier alpha value is -3.53.